The number of nitrogens with one attached hydrogen (secondary N) is 1. The molecule has 72 valence electrons. The number of nitriles is 1. The van der Waals surface area contributed by atoms with E-state index in [0.29, 0.717) is 6.54 Å². The van der Waals surface area contributed by atoms with E-state index in [1.54, 1.807) is 0 Å². The summed E-state index contributed by atoms with van der Waals surface area (Å²) in [5, 5.41) is 11.3. The molecule has 0 aromatic heterocycles. The first-order valence-corrected chi connectivity index (χ1v) is 5.64. The van der Waals surface area contributed by atoms with Crippen LogP contribution in [0.25, 0.3) is 0 Å². The van der Waals surface area contributed by atoms with Gasteiger partial charge in [-0.05, 0) is 19.1 Å². The summed E-state index contributed by atoms with van der Waals surface area (Å²) in [6.07, 6.45) is 0.984. The van der Waals surface area contributed by atoms with Crippen molar-refractivity contribution in [3.05, 3.63) is 0 Å². The van der Waals surface area contributed by atoms with Crippen LogP contribution in [0.5, 0.6) is 0 Å². The number of hydrogen-bond donors (Lipinski definition) is 1. The molecule has 1 aliphatic heterocycles. The summed E-state index contributed by atoms with van der Waals surface area (Å²) in [6.45, 7) is 2.29. The predicted molar refractivity (Wildman–Crippen MR) is 53.2 cm³/mol. The van der Waals surface area contributed by atoms with Crippen LogP contribution in [-0.4, -0.2) is 24.0 Å². The Morgan fingerprint density at radius 1 is 1.85 bits per heavy atom. The second kappa shape index (κ2) is 5.13. The zero-order chi connectivity index (χ0) is 9.68. The summed E-state index contributed by atoms with van der Waals surface area (Å²) in [5.41, 5.74) is 0. The topological polar surface area (TPSA) is 52.9 Å². The summed E-state index contributed by atoms with van der Waals surface area (Å²) < 4.78 is 0. The molecule has 0 aliphatic carbocycles. The van der Waals surface area contributed by atoms with Gasteiger partial charge in [0.15, 0.2) is 0 Å². The van der Waals surface area contributed by atoms with Gasteiger partial charge in [0, 0.05) is 18.2 Å². The Morgan fingerprint density at radius 3 is 3.15 bits per heavy atom. The number of rotatable bonds is 3. The number of carbonyl (C=O) groups is 1. The van der Waals surface area contributed by atoms with Gasteiger partial charge in [-0.15, -0.1) is 0 Å². The smallest absolute Gasteiger partial charge is 0.224 e. The van der Waals surface area contributed by atoms with E-state index in [-0.39, 0.29) is 17.7 Å². The molecular weight excluding hydrogens is 184 g/mol. The molecular formula is C9H14N2OS. The van der Waals surface area contributed by atoms with Gasteiger partial charge in [-0.1, -0.05) is 0 Å². The Bertz CT molecular complexity index is 218. The highest BCUT2D eigenvalue weighted by Crippen LogP contribution is 2.23. The number of amides is 1. The van der Waals surface area contributed by atoms with Crippen molar-refractivity contribution < 1.29 is 4.79 Å². The number of thioether (sulfide) groups is 1. The molecule has 0 saturated carbocycles. The van der Waals surface area contributed by atoms with Crippen LogP contribution in [0.4, 0.5) is 0 Å². The highest BCUT2D eigenvalue weighted by Gasteiger charge is 2.22. The lowest BCUT2D eigenvalue weighted by Crippen LogP contribution is -2.33. The van der Waals surface area contributed by atoms with Crippen molar-refractivity contribution >= 4 is 17.7 Å². The zero-order valence-electron chi connectivity index (χ0n) is 7.75. The fraction of sp³-hybridized carbons (Fsp3) is 0.778. The molecule has 1 amide bonds. The molecule has 0 aromatic rings. The molecule has 1 N–H and O–H groups in total. The number of hydrogen-bond acceptors (Lipinski definition) is 3. The second-order valence-corrected chi connectivity index (χ2v) is 4.49. The molecule has 2 atom stereocenters. The van der Waals surface area contributed by atoms with Crippen molar-refractivity contribution in [3.63, 3.8) is 0 Å². The first kappa shape index (κ1) is 10.4. The molecule has 13 heavy (non-hydrogen) atoms. The first-order chi connectivity index (χ1) is 6.24. The summed E-state index contributed by atoms with van der Waals surface area (Å²) in [4.78, 5) is 11.4. The quantitative estimate of drug-likeness (QED) is 0.736. The fourth-order valence-corrected chi connectivity index (χ4v) is 2.41. The van der Waals surface area contributed by atoms with Crippen molar-refractivity contribution in [2.45, 2.75) is 13.3 Å². The lowest BCUT2D eigenvalue weighted by molar-refractivity contribution is -0.124. The van der Waals surface area contributed by atoms with E-state index < -0.39 is 0 Å². The third kappa shape index (κ3) is 3.27. The Labute approximate surface area is 82.9 Å². The van der Waals surface area contributed by atoms with Gasteiger partial charge in [0.1, 0.15) is 0 Å². The summed E-state index contributed by atoms with van der Waals surface area (Å²) in [7, 11) is 0. The van der Waals surface area contributed by atoms with Crippen LogP contribution in [0, 0.1) is 23.2 Å². The Kier molecular flexibility index (Phi) is 4.10. The van der Waals surface area contributed by atoms with E-state index in [4.69, 9.17) is 5.26 Å². The van der Waals surface area contributed by atoms with Crippen molar-refractivity contribution in [1.29, 1.82) is 5.26 Å². The largest absolute Gasteiger partial charge is 0.355 e. The van der Waals surface area contributed by atoms with Crippen LogP contribution in [-0.2, 0) is 4.79 Å². The maximum atomic E-state index is 11.4. The lowest BCUT2D eigenvalue weighted by atomic mass is 10.1. The molecule has 3 nitrogen and oxygen atoms in total. The molecule has 0 bridgehead atoms. The maximum Gasteiger partial charge on any atom is 0.224 e. The van der Waals surface area contributed by atoms with Gasteiger partial charge < -0.3 is 5.32 Å². The van der Waals surface area contributed by atoms with Crippen molar-refractivity contribution in [3.8, 4) is 6.07 Å². The third-order valence-electron chi connectivity index (χ3n) is 2.10. The van der Waals surface area contributed by atoms with Gasteiger partial charge >= 0.3 is 0 Å². The molecule has 1 heterocycles. The molecule has 0 spiro atoms. The van der Waals surface area contributed by atoms with Gasteiger partial charge in [0.05, 0.1) is 12.0 Å². The Morgan fingerprint density at radius 2 is 2.62 bits per heavy atom. The highest BCUT2D eigenvalue weighted by molar-refractivity contribution is 7.99. The summed E-state index contributed by atoms with van der Waals surface area (Å²) in [5.74, 6) is 2.24. The third-order valence-corrected chi connectivity index (χ3v) is 3.27. The maximum absolute atomic E-state index is 11.4. The van der Waals surface area contributed by atoms with Crippen LogP contribution >= 0.6 is 11.8 Å². The van der Waals surface area contributed by atoms with Gasteiger partial charge in [-0.3, -0.25) is 4.79 Å². The van der Waals surface area contributed by atoms with Gasteiger partial charge in [0.2, 0.25) is 5.91 Å². The first-order valence-electron chi connectivity index (χ1n) is 4.49. The van der Waals surface area contributed by atoms with Crippen molar-refractivity contribution in [2.24, 2.45) is 11.8 Å². The molecule has 0 aromatic carbocycles. The Hall–Kier alpha value is -0.690. The molecule has 0 radical (unpaired) electrons. The van der Waals surface area contributed by atoms with E-state index >= 15 is 0 Å². The molecule has 1 aliphatic rings. The van der Waals surface area contributed by atoms with Crippen LogP contribution in [0.1, 0.15) is 13.3 Å². The van der Waals surface area contributed by atoms with E-state index in [0.717, 1.165) is 17.9 Å². The van der Waals surface area contributed by atoms with Crippen LogP contribution < -0.4 is 5.32 Å². The predicted octanol–water partition coefficient (Wildman–Crippen LogP) is 1.02. The minimum Gasteiger partial charge on any atom is -0.355 e. The van der Waals surface area contributed by atoms with Crippen LogP contribution in [0.15, 0.2) is 0 Å². The summed E-state index contributed by atoms with van der Waals surface area (Å²) >= 11 is 1.82. The number of nitrogens with zero attached hydrogens (tertiary/aromatic N) is 1. The monoisotopic (exact) mass is 198 g/mol. The van der Waals surface area contributed by atoms with Crippen molar-refractivity contribution in [1.82, 2.24) is 5.32 Å². The standard InChI is InChI=1S/C9H14N2OS/c1-7(4-10)5-11-9(12)8-2-3-13-6-8/h7-8H,2-3,5-6H2,1H3,(H,11,12). The highest BCUT2D eigenvalue weighted by atomic mass is 32.2. The zero-order valence-corrected chi connectivity index (χ0v) is 8.56. The lowest BCUT2D eigenvalue weighted by Gasteiger charge is -2.10. The minimum absolute atomic E-state index is 0.0852. The molecule has 1 fully saturated rings. The van der Waals surface area contributed by atoms with E-state index in [2.05, 4.69) is 11.4 Å². The van der Waals surface area contributed by atoms with E-state index in [1.165, 1.54) is 0 Å². The van der Waals surface area contributed by atoms with E-state index in [1.807, 2.05) is 18.7 Å². The number of carbonyl (C=O) groups excluding carboxylic acids is 1. The molecule has 4 heteroatoms. The normalized spacial score (nSPS) is 23.5. The molecule has 1 rings (SSSR count). The molecule has 1 saturated heterocycles. The second-order valence-electron chi connectivity index (χ2n) is 3.34. The van der Waals surface area contributed by atoms with Crippen LogP contribution in [0.3, 0.4) is 0 Å². The fourth-order valence-electron chi connectivity index (χ4n) is 1.18. The SMILES string of the molecule is CC(C#N)CNC(=O)C1CCSC1. The van der Waals surface area contributed by atoms with Gasteiger partial charge in [-0.25, -0.2) is 0 Å². The summed E-state index contributed by atoms with van der Waals surface area (Å²) in [6, 6.07) is 2.09. The average molecular weight is 198 g/mol. The van der Waals surface area contributed by atoms with E-state index in [9.17, 15) is 4.79 Å². The minimum atomic E-state index is -0.0852. The Balaban J connectivity index is 2.21. The average Bonchev–Trinajstić information content (AvgIpc) is 2.66. The van der Waals surface area contributed by atoms with Crippen molar-refractivity contribution in [2.75, 3.05) is 18.1 Å². The van der Waals surface area contributed by atoms with Crippen LogP contribution in [0.2, 0.25) is 0 Å². The van der Waals surface area contributed by atoms with Gasteiger partial charge in [-0.2, -0.15) is 17.0 Å². The van der Waals surface area contributed by atoms with Gasteiger partial charge in [0.25, 0.3) is 0 Å². The molecule has 2 unspecified atom stereocenters.